The molecule has 26 heavy (non-hydrogen) atoms. The summed E-state index contributed by atoms with van der Waals surface area (Å²) in [5.41, 5.74) is 1.50. The van der Waals surface area contributed by atoms with E-state index in [0.29, 0.717) is 18.7 Å². The Morgan fingerprint density at radius 2 is 1.73 bits per heavy atom. The van der Waals surface area contributed by atoms with Crippen molar-refractivity contribution in [2.75, 3.05) is 26.2 Å². The lowest BCUT2D eigenvalue weighted by molar-refractivity contribution is 0.0697. The van der Waals surface area contributed by atoms with Gasteiger partial charge in [0.1, 0.15) is 5.82 Å². The second-order valence-electron chi connectivity index (χ2n) is 6.09. The van der Waals surface area contributed by atoms with Crippen LogP contribution in [0.2, 0.25) is 5.02 Å². The Labute approximate surface area is 157 Å². The van der Waals surface area contributed by atoms with Gasteiger partial charge in [0, 0.05) is 31.7 Å². The van der Waals surface area contributed by atoms with Crippen LogP contribution in [0.5, 0.6) is 0 Å². The quantitative estimate of drug-likeness (QED) is 0.801. The van der Waals surface area contributed by atoms with Crippen LogP contribution in [0.1, 0.15) is 15.9 Å². The monoisotopic (exact) mass is 396 g/mol. The smallest absolute Gasteiger partial charge is 0.254 e. The van der Waals surface area contributed by atoms with Crippen molar-refractivity contribution in [3.8, 4) is 0 Å². The average Bonchev–Trinajstić information content (AvgIpc) is 2.64. The van der Waals surface area contributed by atoms with Crippen LogP contribution in [0.15, 0.2) is 47.4 Å². The first-order chi connectivity index (χ1) is 12.3. The summed E-state index contributed by atoms with van der Waals surface area (Å²) < 4.78 is 40.0. The number of rotatable bonds is 3. The van der Waals surface area contributed by atoms with Crippen molar-refractivity contribution in [3.05, 3.63) is 64.4 Å². The Balaban J connectivity index is 1.72. The maximum absolute atomic E-state index is 13.3. The van der Waals surface area contributed by atoms with Gasteiger partial charge in [0.05, 0.1) is 9.92 Å². The number of hydrogen-bond donors (Lipinski definition) is 0. The highest BCUT2D eigenvalue weighted by atomic mass is 35.5. The van der Waals surface area contributed by atoms with E-state index in [2.05, 4.69) is 0 Å². The summed E-state index contributed by atoms with van der Waals surface area (Å²) in [6, 6.07) is 10.6. The number of amides is 1. The third-order valence-corrected chi connectivity index (χ3v) is 6.61. The number of aryl methyl sites for hydroxylation is 1. The van der Waals surface area contributed by atoms with Crippen LogP contribution >= 0.6 is 11.6 Å². The fourth-order valence-electron chi connectivity index (χ4n) is 2.90. The molecular weight excluding hydrogens is 379 g/mol. The van der Waals surface area contributed by atoms with Crippen molar-refractivity contribution in [1.29, 1.82) is 0 Å². The number of benzene rings is 2. The van der Waals surface area contributed by atoms with Gasteiger partial charge in [0.2, 0.25) is 10.0 Å². The third kappa shape index (κ3) is 3.60. The van der Waals surface area contributed by atoms with Gasteiger partial charge >= 0.3 is 0 Å². The Morgan fingerprint density at radius 1 is 1.08 bits per heavy atom. The highest BCUT2D eigenvalue weighted by Gasteiger charge is 2.31. The number of carbonyl (C=O) groups is 1. The van der Waals surface area contributed by atoms with Crippen LogP contribution in [0.4, 0.5) is 4.39 Å². The van der Waals surface area contributed by atoms with Crippen molar-refractivity contribution < 1.29 is 17.6 Å². The molecule has 3 rings (SSSR count). The first-order valence-electron chi connectivity index (χ1n) is 8.11. The van der Waals surface area contributed by atoms with E-state index >= 15 is 0 Å². The number of hydrogen-bond acceptors (Lipinski definition) is 3. The van der Waals surface area contributed by atoms with Crippen LogP contribution in [-0.4, -0.2) is 49.7 Å². The Kier molecular flexibility index (Phi) is 5.32. The lowest BCUT2D eigenvalue weighted by Gasteiger charge is -2.34. The molecule has 0 aromatic heterocycles. The third-order valence-electron chi connectivity index (χ3n) is 4.43. The molecule has 1 amide bonds. The zero-order valence-electron chi connectivity index (χ0n) is 14.2. The average molecular weight is 397 g/mol. The van der Waals surface area contributed by atoms with Crippen molar-refractivity contribution >= 4 is 27.5 Å². The maximum Gasteiger partial charge on any atom is 0.254 e. The van der Waals surface area contributed by atoms with Gasteiger partial charge in [-0.3, -0.25) is 4.79 Å². The molecule has 0 saturated carbocycles. The molecule has 0 atom stereocenters. The van der Waals surface area contributed by atoms with Gasteiger partial charge in [-0.1, -0.05) is 29.8 Å². The minimum Gasteiger partial charge on any atom is -0.336 e. The minimum absolute atomic E-state index is 0.0532. The number of sulfonamides is 1. The van der Waals surface area contributed by atoms with Gasteiger partial charge in [-0.25, -0.2) is 12.8 Å². The predicted octanol–water partition coefficient (Wildman–Crippen LogP) is 2.93. The van der Waals surface area contributed by atoms with Crippen LogP contribution < -0.4 is 0 Å². The summed E-state index contributed by atoms with van der Waals surface area (Å²) in [5.74, 6) is -0.774. The van der Waals surface area contributed by atoms with Gasteiger partial charge in [-0.2, -0.15) is 4.31 Å². The molecule has 0 radical (unpaired) electrons. The Hall–Kier alpha value is -1.96. The SMILES string of the molecule is Cc1ccccc1C(=O)N1CCN(S(=O)(=O)c2ccc(F)c(Cl)c2)CC1. The topological polar surface area (TPSA) is 57.7 Å². The number of nitrogens with zero attached hydrogens (tertiary/aromatic N) is 2. The standard InChI is InChI=1S/C18H18ClFN2O3S/c1-13-4-2-3-5-15(13)18(23)21-8-10-22(11-9-21)26(24,25)14-6-7-17(20)16(19)12-14/h2-7,12H,8-11H2,1H3. The summed E-state index contributed by atoms with van der Waals surface area (Å²) in [4.78, 5) is 14.2. The first kappa shape index (κ1) is 18.8. The summed E-state index contributed by atoms with van der Waals surface area (Å²) >= 11 is 5.70. The molecule has 0 bridgehead atoms. The van der Waals surface area contributed by atoms with E-state index < -0.39 is 15.8 Å². The van der Waals surface area contributed by atoms with Crippen LogP contribution in [0, 0.1) is 12.7 Å². The molecule has 0 unspecified atom stereocenters. The van der Waals surface area contributed by atoms with Gasteiger partial charge in [-0.15, -0.1) is 0 Å². The summed E-state index contributed by atoms with van der Waals surface area (Å²) in [7, 11) is -3.78. The van der Waals surface area contributed by atoms with Gasteiger partial charge in [0.25, 0.3) is 5.91 Å². The highest BCUT2D eigenvalue weighted by Crippen LogP contribution is 2.23. The van der Waals surface area contributed by atoms with Gasteiger partial charge < -0.3 is 4.90 Å². The van der Waals surface area contributed by atoms with Crippen molar-refractivity contribution in [2.24, 2.45) is 0 Å². The van der Waals surface area contributed by atoms with Crippen LogP contribution in [-0.2, 0) is 10.0 Å². The second kappa shape index (κ2) is 7.34. The van der Waals surface area contributed by atoms with Crippen molar-refractivity contribution in [1.82, 2.24) is 9.21 Å². The molecule has 1 heterocycles. The zero-order valence-corrected chi connectivity index (χ0v) is 15.7. The molecule has 5 nitrogen and oxygen atoms in total. The summed E-state index contributed by atoms with van der Waals surface area (Å²) in [6.45, 7) is 2.80. The van der Waals surface area contributed by atoms with E-state index in [1.807, 2.05) is 19.1 Å². The molecular formula is C18H18ClFN2O3S. The molecule has 138 valence electrons. The van der Waals surface area contributed by atoms with Crippen molar-refractivity contribution in [3.63, 3.8) is 0 Å². The molecule has 1 aliphatic heterocycles. The van der Waals surface area contributed by atoms with E-state index in [4.69, 9.17) is 11.6 Å². The van der Waals surface area contributed by atoms with E-state index in [-0.39, 0.29) is 28.9 Å². The van der Waals surface area contributed by atoms with Gasteiger partial charge in [0.15, 0.2) is 0 Å². The summed E-state index contributed by atoms with van der Waals surface area (Å²) in [5, 5.41) is -0.237. The predicted molar refractivity (Wildman–Crippen MR) is 97.3 cm³/mol. The minimum atomic E-state index is -3.78. The zero-order chi connectivity index (χ0) is 18.9. The van der Waals surface area contributed by atoms with Crippen LogP contribution in [0.3, 0.4) is 0 Å². The van der Waals surface area contributed by atoms with Crippen LogP contribution in [0.25, 0.3) is 0 Å². The molecule has 8 heteroatoms. The fraction of sp³-hybridized carbons (Fsp3) is 0.278. The maximum atomic E-state index is 13.3. The van der Waals surface area contributed by atoms with E-state index in [1.54, 1.807) is 17.0 Å². The molecule has 0 N–H and O–H groups in total. The molecule has 2 aromatic carbocycles. The molecule has 0 spiro atoms. The summed E-state index contributed by atoms with van der Waals surface area (Å²) in [6.07, 6.45) is 0. The number of halogens is 2. The first-order valence-corrected chi connectivity index (χ1v) is 9.92. The molecule has 1 fully saturated rings. The lowest BCUT2D eigenvalue weighted by atomic mass is 10.1. The van der Waals surface area contributed by atoms with E-state index in [1.165, 1.54) is 10.4 Å². The van der Waals surface area contributed by atoms with E-state index in [0.717, 1.165) is 17.7 Å². The second-order valence-corrected chi connectivity index (χ2v) is 8.43. The van der Waals surface area contributed by atoms with Gasteiger partial charge in [-0.05, 0) is 36.8 Å². The number of carbonyl (C=O) groups excluding carboxylic acids is 1. The normalized spacial score (nSPS) is 15.9. The molecule has 0 aliphatic carbocycles. The Bertz CT molecular complexity index is 941. The number of piperazine rings is 1. The van der Waals surface area contributed by atoms with E-state index in [9.17, 15) is 17.6 Å². The largest absolute Gasteiger partial charge is 0.336 e. The highest BCUT2D eigenvalue weighted by molar-refractivity contribution is 7.89. The fourth-order valence-corrected chi connectivity index (χ4v) is 4.60. The molecule has 1 saturated heterocycles. The van der Waals surface area contributed by atoms with Crippen molar-refractivity contribution in [2.45, 2.75) is 11.8 Å². The molecule has 1 aliphatic rings. The molecule has 2 aromatic rings. The Morgan fingerprint density at radius 3 is 2.35 bits per heavy atom. The lowest BCUT2D eigenvalue weighted by Crippen LogP contribution is -2.50.